The summed E-state index contributed by atoms with van der Waals surface area (Å²) in [5.41, 5.74) is 2.49. The van der Waals surface area contributed by atoms with E-state index in [1.54, 1.807) is 14.0 Å². The second kappa shape index (κ2) is 3.94. The smallest absolute Gasteiger partial charge is 0.128 e. The summed E-state index contributed by atoms with van der Waals surface area (Å²) < 4.78 is 5.13. The Labute approximate surface area is 77.6 Å². The molecule has 70 valence electrons. The molecule has 0 amide bonds. The lowest BCUT2D eigenvalue weighted by Gasteiger charge is -2.07. The topological polar surface area (TPSA) is 41.8 Å². The van der Waals surface area contributed by atoms with Crippen molar-refractivity contribution in [3.8, 4) is 5.75 Å². The summed E-state index contributed by atoms with van der Waals surface area (Å²) in [6, 6.07) is 5.74. The molecule has 0 saturated heterocycles. The minimum Gasteiger partial charge on any atom is -0.496 e. The maximum absolute atomic E-state index is 8.63. The van der Waals surface area contributed by atoms with E-state index in [9.17, 15) is 0 Å². The molecule has 1 N–H and O–H groups in total. The number of hydrogen-bond acceptors (Lipinski definition) is 3. The highest BCUT2D eigenvalue weighted by molar-refractivity contribution is 6.00. The molecule has 1 aromatic rings. The van der Waals surface area contributed by atoms with Gasteiger partial charge in [-0.3, -0.25) is 0 Å². The Kier molecular flexibility index (Phi) is 2.90. The van der Waals surface area contributed by atoms with Crippen molar-refractivity contribution in [1.82, 2.24) is 0 Å². The highest BCUT2D eigenvalue weighted by Crippen LogP contribution is 2.20. The molecule has 0 heterocycles. The lowest BCUT2D eigenvalue weighted by atomic mass is 10.1. The lowest BCUT2D eigenvalue weighted by molar-refractivity contribution is 0.318. The molecule has 0 atom stereocenters. The number of methoxy groups -OCH3 is 1. The normalized spacial score (nSPS) is 11.5. The zero-order valence-corrected chi connectivity index (χ0v) is 8.03. The quantitative estimate of drug-likeness (QED) is 0.429. The van der Waals surface area contributed by atoms with Crippen molar-refractivity contribution in [3.63, 3.8) is 0 Å². The number of nitrogens with zero attached hydrogens (tertiary/aromatic N) is 1. The van der Waals surface area contributed by atoms with E-state index in [1.165, 1.54) is 0 Å². The first-order chi connectivity index (χ1) is 6.19. The van der Waals surface area contributed by atoms with Gasteiger partial charge in [-0.1, -0.05) is 16.8 Å². The molecule has 0 aliphatic carbocycles. The second-order valence-electron chi connectivity index (χ2n) is 2.89. The van der Waals surface area contributed by atoms with E-state index in [2.05, 4.69) is 5.16 Å². The van der Waals surface area contributed by atoms with Gasteiger partial charge in [-0.25, -0.2) is 0 Å². The first kappa shape index (κ1) is 9.58. The summed E-state index contributed by atoms with van der Waals surface area (Å²) in [5.74, 6) is 0.723. The monoisotopic (exact) mass is 179 g/mol. The van der Waals surface area contributed by atoms with Crippen LogP contribution >= 0.6 is 0 Å². The number of benzene rings is 1. The molecule has 3 heteroatoms. The SMILES string of the molecule is COc1ccc(C)cc1C(C)=NO. The fourth-order valence-corrected chi connectivity index (χ4v) is 1.16. The molecular weight excluding hydrogens is 166 g/mol. The van der Waals surface area contributed by atoms with Gasteiger partial charge in [0.15, 0.2) is 0 Å². The molecule has 0 radical (unpaired) electrons. The summed E-state index contributed by atoms with van der Waals surface area (Å²) in [6.07, 6.45) is 0. The van der Waals surface area contributed by atoms with E-state index in [0.717, 1.165) is 16.9 Å². The number of hydrogen-bond donors (Lipinski definition) is 1. The van der Waals surface area contributed by atoms with Crippen LogP contribution in [0, 0.1) is 6.92 Å². The van der Waals surface area contributed by atoms with Crippen LogP contribution in [0.3, 0.4) is 0 Å². The lowest BCUT2D eigenvalue weighted by Crippen LogP contribution is -1.99. The van der Waals surface area contributed by atoms with Gasteiger partial charge in [0.2, 0.25) is 0 Å². The van der Waals surface area contributed by atoms with Gasteiger partial charge >= 0.3 is 0 Å². The van der Waals surface area contributed by atoms with Crippen molar-refractivity contribution in [2.45, 2.75) is 13.8 Å². The van der Waals surface area contributed by atoms with Crippen molar-refractivity contribution in [3.05, 3.63) is 29.3 Å². The third kappa shape index (κ3) is 1.99. The van der Waals surface area contributed by atoms with Crippen LogP contribution in [0.2, 0.25) is 0 Å². The minimum absolute atomic E-state index is 0.556. The van der Waals surface area contributed by atoms with Crippen LogP contribution in [-0.4, -0.2) is 18.0 Å². The minimum atomic E-state index is 0.556. The molecule has 0 aliphatic heterocycles. The van der Waals surface area contributed by atoms with Gasteiger partial charge in [0.05, 0.1) is 12.8 Å². The number of oxime groups is 1. The Bertz CT molecular complexity index is 332. The molecule has 1 aromatic carbocycles. The van der Waals surface area contributed by atoms with Crippen LogP contribution in [-0.2, 0) is 0 Å². The largest absolute Gasteiger partial charge is 0.496 e. The highest BCUT2D eigenvalue weighted by atomic mass is 16.5. The highest BCUT2D eigenvalue weighted by Gasteiger charge is 2.05. The van der Waals surface area contributed by atoms with Gasteiger partial charge in [0.25, 0.3) is 0 Å². The molecule has 0 aromatic heterocycles. The van der Waals surface area contributed by atoms with Crippen LogP contribution in [0.1, 0.15) is 18.1 Å². The average molecular weight is 179 g/mol. The zero-order valence-electron chi connectivity index (χ0n) is 8.03. The Balaban J connectivity index is 3.23. The third-order valence-corrected chi connectivity index (χ3v) is 1.89. The zero-order chi connectivity index (χ0) is 9.84. The van der Waals surface area contributed by atoms with Gasteiger partial charge in [-0.15, -0.1) is 0 Å². The van der Waals surface area contributed by atoms with Crippen molar-refractivity contribution >= 4 is 5.71 Å². The molecule has 0 aliphatic rings. The number of ether oxygens (including phenoxy) is 1. The van der Waals surface area contributed by atoms with Gasteiger partial charge < -0.3 is 9.94 Å². The van der Waals surface area contributed by atoms with Gasteiger partial charge in [0, 0.05) is 5.56 Å². The van der Waals surface area contributed by atoms with E-state index >= 15 is 0 Å². The summed E-state index contributed by atoms with van der Waals surface area (Å²) in [4.78, 5) is 0. The molecular formula is C10H13NO2. The first-order valence-electron chi connectivity index (χ1n) is 4.02. The predicted molar refractivity (Wildman–Crippen MR) is 51.7 cm³/mol. The summed E-state index contributed by atoms with van der Waals surface area (Å²) in [5, 5.41) is 11.8. The van der Waals surface area contributed by atoms with Crippen LogP contribution in [0.15, 0.2) is 23.4 Å². The Morgan fingerprint density at radius 3 is 2.69 bits per heavy atom. The predicted octanol–water partition coefficient (Wildman–Crippen LogP) is 2.20. The maximum atomic E-state index is 8.63. The van der Waals surface area contributed by atoms with E-state index in [1.807, 2.05) is 25.1 Å². The van der Waals surface area contributed by atoms with E-state index in [-0.39, 0.29) is 0 Å². The van der Waals surface area contributed by atoms with Crippen molar-refractivity contribution in [1.29, 1.82) is 0 Å². The fourth-order valence-electron chi connectivity index (χ4n) is 1.16. The second-order valence-corrected chi connectivity index (χ2v) is 2.89. The van der Waals surface area contributed by atoms with Crippen LogP contribution in [0.25, 0.3) is 0 Å². The standard InChI is InChI=1S/C10H13NO2/c1-7-4-5-10(13-3)9(6-7)8(2)11-12/h4-6,12H,1-3H3. The van der Waals surface area contributed by atoms with E-state index in [4.69, 9.17) is 9.94 Å². The number of aryl methyl sites for hydroxylation is 1. The van der Waals surface area contributed by atoms with E-state index in [0.29, 0.717) is 5.71 Å². The van der Waals surface area contributed by atoms with Crippen molar-refractivity contribution < 1.29 is 9.94 Å². The van der Waals surface area contributed by atoms with Crippen LogP contribution in [0.5, 0.6) is 5.75 Å². The molecule has 3 nitrogen and oxygen atoms in total. The molecule has 13 heavy (non-hydrogen) atoms. The first-order valence-corrected chi connectivity index (χ1v) is 4.02. The Morgan fingerprint density at radius 2 is 2.15 bits per heavy atom. The van der Waals surface area contributed by atoms with Gasteiger partial charge in [-0.05, 0) is 26.0 Å². The van der Waals surface area contributed by atoms with E-state index < -0.39 is 0 Å². The summed E-state index contributed by atoms with van der Waals surface area (Å²) in [6.45, 7) is 3.71. The Morgan fingerprint density at radius 1 is 1.46 bits per heavy atom. The third-order valence-electron chi connectivity index (χ3n) is 1.89. The molecule has 0 bridgehead atoms. The molecule has 1 rings (SSSR count). The maximum Gasteiger partial charge on any atom is 0.128 e. The molecule has 0 unspecified atom stereocenters. The van der Waals surface area contributed by atoms with Crippen molar-refractivity contribution in [2.75, 3.05) is 7.11 Å². The Hall–Kier alpha value is -1.51. The van der Waals surface area contributed by atoms with Gasteiger partial charge in [0.1, 0.15) is 5.75 Å². The fraction of sp³-hybridized carbons (Fsp3) is 0.300. The molecule has 0 fully saturated rings. The molecule has 0 spiro atoms. The molecule has 0 saturated carbocycles. The van der Waals surface area contributed by atoms with Crippen molar-refractivity contribution in [2.24, 2.45) is 5.16 Å². The van der Waals surface area contributed by atoms with Crippen LogP contribution < -0.4 is 4.74 Å². The average Bonchev–Trinajstić information content (AvgIpc) is 2.16. The summed E-state index contributed by atoms with van der Waals surface area (Å²) in [7, 11) is 1.60. The van der Waals surface area contributed by atoms with Gasteiger partial charge in [-0.2, -0.15) is 0 Å². The van der Waals surface area contributed by atoms with Crippen LogP contribution in [0.4, 0.5) is 0 Å². The summed E-state index contributed by atoms with van der Waals surface area (Å²) >= 11 is 0. The number of rotatable bonds is 2.